The Labute approximate surface area is 241 Å². The summed E-state index contributed by atoms with van der Waals surface area (Å²) in [7, 11) is 0. The van der Waals surface area contributed by atoms with Crippen molar-refractivity contribution >= 4 is 64.9 Å². The molecule has 1 heterocycles. The van der Waals surface area contributed by atoms with Gasteiger partial charge in [0.25, 0.3) is 0 Å². The van der Waals surface area contributed by atoms with Gasteiger partial charge in [-0.2, -0.15) is 0 Å². The van der Waals surface area contributed by atoms with Gasteiger partial charge in [0.1, 0.15) is 6.04 Å². The molecule has 2 aromatic carbocycles. The summed E-state index contributed by atoms with van der Waals surface area (Å²) in [4.78, 5) is 51.6. The number of amides is 4. The van der Waals surface area contributed by atoms with E-state index in [1.807, 2.05) is 42.7 Å². The molecule has 3 rings (SSSR count). The Balaban J connectivity index is 1.45. The van der Waals surface area contributed by atoms with Gasteiger partial charge < -0.3 is 26.0 Å². The molecule has 0 spiro atoms. The predicted molar refractivity (Wildman–Crippen MR) is 153 cm³/mol. The van der Waals surface area contributed by atoms with Gasteiger partial charge >= 0.3 is 12.0 Å². The zero-order chi connectivity index (χ0) is 28.4. The molecule has 4 N–H and O–H groups in total. The number of halogens is 2. The molecule has 9 nitrogen and oxygen atoms in total. The maximum atomic E-state index is 12.7. The number of benzene rings is 2. The molecule has 1 atom stereocenters. The maximum absolute atomic E-state index is 12.7. The topological polar surface area (TPSA) is 128 Å². The molecule has 0 saturated carbocycles. The average molecular weight is 594 g/mol. The van der Waals surface area contributed by atoms with Gasteiger partial charge in [0.15, 0.2) is 0 Å². The first kappa shape index (κ1) is 30.3. The maximum Gasteiger partial charge on any atom is 0.328 e. The number of nitrogens with zero attached hydrogens (tertiary/aromatic N) is 1. The van der Waals surface area contributed by atoms with E-state index < -0.39 is 29.9 Å². The van der Waals surface area contributed by atoms with Gasteiger partial charge in [0.2, 0.25) is 11.8 Å². The minimum absolute atomic E-state index is 0.218. The van der Waals surface area contributed by atoms with E-state index in [-0.39, 0.29) is 19.0 Å². The quantitative estimate of drug-likeness (QED) is 0.243. The third kappa shape index (κ3) is 8.91. The van der Waals surface area contributed by atoms with E-state index in [9.17, 15) is 24.3 Å². The highest BCUT2D eigenvalue weighted by Crippen LogP contribution is 2.35. The van der Waals surface area contributed by atoms with Crippen molar-refractivity contribution in [3.8, 4) is 0 Å². The zero-order valence-electron chi connectivity index (χ0n) is 21.3. The van der Waals surface area contributed by atoms with Crippen molar-refractivity contribution in [3.63, 3.8) is 0 Å². The van der Waals surface area contributed by atoms with Gasteiger partial charge in [-0.15, -0.1) is 11.8 Å². The molecule has 39 heavy (non-hydrogen) atoms. The largest absolute Gasteiger partial charge is 0.480 e. The summed E-state index contributed by atoms with van der Waals surface area (Å²) in [6, 6.07) is 11.1. The number of piperidine rings is 1. The number of urea groups is 1. The van der Waals surface area contributed by atoms with Crippen LogP contribution in [0.3, 0.4) is 0 Å². The molecule has 0 radical (unpaired) electrons. The molecular formula is C27H30Cl2N4O5S. The Hall–Kier alpha value is -3.21. The lowest BCUT2D eigenvalue weighted by Crippen LogP contribution is -2.52. The fraction of sp³-hybridized carbons (Fsp3) is 0.333. The standard InChI is InChI=1S/C27H30Cl2N4O5S/c1-39-21-9-7-18(23(28)24(21)29)8-10-22(34)33-13-11-19(12-14-33)25(35)32-20(26(36)37)16-31-27(38)30-15-17-5-3-2-4-6-17/h2-10,19-20H,11-16H2,1H3,(H,32,35)(H,36,37)(H2,30,31,38)/t20-/m0/s1. The van der Waals surface area contributed by atoms with Crippen LogP contribution in [0, 0.1) is 5.92 Å². The normalized spacial score (nSPS) is 14.6. The highest BCUT2D eigenvalue weighted by Gasteiger charge is 2.29. The predicted octanol–water partition coefficient (Wildman–Crippen LogP) is 4.04. The number of thioether (sulfide) groups is 1. The molecular weight excluding hydrogens is 563 g/mol. The van der Waals surface area contributed by atoms with E-state index in [0.29, 0.717) is 41.5 Å². The summed E-state index contributed by atoms with van der Waals surface area (Å²) < 4.78 is 0. The second-order valence-electron chi connectivity index (χ2n) is 8.87. The molecule has 208 valence electrons. The van der Waals surface area contributed by atoms with Crippen LogP contribution in [-0.4, -0.2) is 65.8 Å². The number of hydrogen-bond acceptors (Lipinski definition) is 5. The van der Waals surface area contributed by atoms with E-state index in [4.69, 9.17) is 23.2 Å². The van der Waals surface area contributed by atoms with Crippen LogP contribution in [0.1, 0.15) is 24.0 Å². The van der Waals surface area contributed by atoms with Crippen LogP contribution in [0.5, 0.6) is 0 Å². The lowest BCUT2D eigenvalue weighted by Gasteiger charge is -2.31. The monoisotopic (exact) mass is 592 g/mol. The van der Waals surface area contributed by atoms with Crippen LogP contribution >= 0.6 is 35.0 Å². The molecule has 0 bridgehead atoms. The number of carboxylic acids is 1. The van der Waals surface area contributed by atoms with Crippen molar-refractivity contribution < 1.29 is 24.3 Å². The summed E-state index contributed by atoms with van der Waals surface area (Å²) in [6.45, 7) is 0.709. The van der Waals surface area contributed by atoms with Gasteiger partial charge in [-0.3, -0.25) is 9.59 Å². The number of carbonyl (C=O) groups excluding carboxylic acids is 3. The minimum Gasteiger partial charge on any atom is -0.480 e. The summed E-state index contributed by atoms with van der Waals surface area (Å²) in [5.41, 5.74) is 1.53. The van der Waals surface area contributed by atoms with Crippen LogP contribution in [0.4, 0.5) is 4.79 Å². The van der Waals surface area contributed by atoms with Crippen molar-refractivity contribution in [2.75, 3.05) is 25.9 Å². The molecule has 2 aromatic rings. The van der Waals surface area contributed by atoms with Crippen LogP contribution in [0.15, 0.2) is 53.4 Å². The Kier molecular flexibility index (Phi) is 11.5. The fourth-order valence-corrected chi connectivity index (χ4v) is 5.16. The Morgan fingerprint density at radius 2 is 1.74 bits per heavy atom. The number of carboxylic acid groups (broad SMARTS) is 1. The number of carbonyl (C=O) groups is 4. The van der Waals surface area contributed by atoms with Crippen molar-refractivity contribution in [2.24, 2.45) is 5.92 Å². The molecule has 1 aliphatic heterocycles. The average Bonchev–Trinajstić information content (AvgIpc) is 2.95. The first-order chi connectivity index (χ1) is 18.7. The molecule has 0 unspecified atom stereocenters. The Morgan fingerprint density at radius 3 is 2.38 bits per heavy atom. The van der Waals surface area contributed by atoms with Crippen molar-refractivity contribution in [3.05, 3.63) is 69.7 Å². The van der Waals surface area contributed by atoms with Crippen LogP contribution in [0.2, 0.25) is 10.0 Å². The first-order valence-electron chi connectivity index (χ1n) is 12.3. The van der Waals surface area contributed by atoms with Gasteiger partial charge in [-0.25, -0.2) is 9.59 Å². The lowest BCUT2D eigenvalue weighted by molar-refractivity contribution is -0.142. The molecule has 1 fully saturated rings. The Morgan fingerprint density at radius 1 is 1.05 bits per heavy atom. The number of hydrogen-bond donors (Lipinski definition) is 4. The number of rotatable bonds is 10. The summed E-state index contributed by atoms with van der Waals surface area (Å²) in [5, 5.41) is 17.9. The molecule has 12 heteroatoms. The third-order valence-electron chi connectivity index (χ3n) is 6.26. The van der Waals surface area contributed by atoms with Gasteiger partial charge in [0.05, 0.1) is 16.6 Å². The van der Waals surface area contributed by atoms with Crippen molar-refractivity contribution in [1.29, 1.82) is 0 Å². The smallest absolute Gasteiger partial charge is 0.328 e. The summed E-state index contributed by atoms with van der Waals surface area (Å²) in [6.07, 6.45) is 5.70. The third-order valence-corrected chi connectivity index (χ3v) is 8.05. The highest BCUT2D eigenvalue weighted by molar-refractivity contribution is 7.98. The van der Waals surface area contributed by atoms with E-state index in [1.54, 1.807) is 17.0 Å². The molecule has 0 aliphatic carbocycles. The van der Waals surface area contributed by atoms with E-state index in [1.165, 1.54) is 17.8 Å². The second-order valence-corrected chi connectivity index (χ2v) is 10.5. The van der Waals surface area contributed by atoms with Gasteiger partial charge in [0, 0.05) is 36.5 Å². The van der Waals surface area contributed by atoms with Crippen LogP contribution in [-0.2, 0) is 20.9 Å². The molecule has 1 saturated heterocycles. The van der Waals surface area contributed by atoms with E-state index in [2.05, 4.69) is 16.0 Å². The fourth-order valence-electron chi connectivity index (χ4n) is 3.99. The minimum atomic E-state index is -1.28. The van der Waals surface area contributed by atoms with Gasteiger partial charge in [-0.1, -0.05) is 59.6 Å². The van der Waals surface area contributed by atoms with E-state index in [0.717, 1.165) is 10.5 Å². The molecule has 1 aliphatic rings. The van der Waals surface area contributed by atoms with E-state index >= 15 is 0 Å². The highest BCUT2D eigenvalue weighted by atomic mass is 35.5. The van der Waals surface area contributed by atoms with Crippen LogP contribution in [0.25, 0.3) is 6.08 Å². The first-order valence-corrected chi connectivity index (χ1v) is 14.3. The van der Waals surface area contributed by atoms with Crippen molar-refractivity contribution in [2.45, 2.75) is 30.3 Å². The summed E-state index contributed by atoms with van der Waals surface area (Å²) in [5.74, 6) is -2.34. The number of nitrogens with one attached hydrogen (secondary N) is 3. The van der Waals surface area contributed by atoms with Gasteiger partial charge in [-0.05, 0) is 42.4 Å². The lowest BCUT2D eigenvalue weighted by atomic mass is 9.95. The SMILES string of the molecule is CSc1ccc(C=CC(=O)N2CCC(C(=O)N[C@@H](CNC(=O)NCc3ccccc3)C(=O)O)CC2)c(Cl)c1Cl. The van der Waals surface area contributed by atoms with Crippen molar-refractivity contribution in [1.82, 2.24) is 20.9 Å². The number of aliphatic carboxylic acids is 1. The second kappa shape index (κ2) is 14.8. The molecule has 0 aromatic heterocycles. The molecule has 4 amide bonds. The number of likely N-dealkylation sites (tertiary alicyclic amines) is 1. The summed E-state index contributed by atoms with van der Waals surface area (Å²) >= 11 is 14.0. The Bertz CT molecular complexity index is 1220. The van der Waals surface area contributed by atoms with Crippen LogP contribution < -0.4 is 16.0 Å². The zero-order valence-corrected chi connectivity index (χ0v) is 23.6.